The molecule has 0 aliphatic heterocycles. The zero-order chi connectivity index (χ0) is 14.6. The van der Waals surface area contributed by atoms with E-state index in [0.29, 0.717) is 6.54 Å². The van der Waals surface area contributed by atoms with Crippen molar-refractivity contribution in [3.05, 3.63) is 59.4 Å². The molecule has 0 fully saturated rings. The highest BCUT2D eigenvalue weighted by Gasteiger charge is 2.19. The fourth-order valence-electron chi connectivity index (χ4n) is 1.77. The highest BCUT2D eigenvalue weighted by molar-refractivity contribution is 7.89. The third-order valence-electron chi connectivity index (χ3n) is 2.97. The van der Waals surface area contributed by atoms with Crippen LogP contribution in [0.4, 0.5) is 0 Å². The number of halogens is 1. The summed E-state index contributed by atoms with van der Waals surface area (Å²) in [7, 11) is -3.64. The third kappa shape index (κ3) is 3.56. The third-order valence-corrected chi connectivity index (χ3v) is 4.86. The SMILES string of the molecule is CC(CNS(=O)(=O)c1cnccc1Cl)c1ccccc1. The molecule has 0 aliphatic carbocycles. The van der Waals surface area contributed by atoms with Gasteiger partial charge in [0.1, 0.15) is 4.90 Å². The molecule has 1 aromatic heterocycles. The lowest BCUT2D eigenvalue weighted by Crippen LogP contribution is -2.28. The number of aromatic nitrogens is 1. The number of benzene rings is 1. The largest absolute Gasteiger partial charge is 0.263 e. The number of nitrogens with one attached hydrogen (secondary N) is 1. The van der Waals surface area contributed by atoms with E-state index in [1.807, 2.05) is 37.3 Å². The lowest BCUT2D eigenvalue weighted by Gasteiger charge is -2.13. The summed E-state index contributed by atoms with van der Waals surface area (Å²) in [6, 6.07) is 11.2. The Morgan fingerprint density at radius 1 is 1.25 bits per heavy atom. The van der Waals surface area contributed by atoms with Crippen molar-refractivity contribution in [3.63, 3.8) is 0 Å². The van der Waals surface area contributed by atoms with Crippen LogP contribution in [0.3, 0.4) is 0 Å². The van der Waals surface area contributed by atoms with Gasteiger partial charge in [0.15, 0.2) is 0 Å². The summed E-state index contributed by atoms with van der Waals surface area (Å²) in [6.07, 6.45) is 2.70. The Balaban J connectivity index is 2.09. The molecular weight excluding hydrogens is 296 g/mol. The number of hydrogen-bond acceptors (Lipinski definition) is 3. The fraction of sp³-hybridized carbons (Fsp3) is 0.214. The quantitative estimate of drug-likeness (QED) is 0.924. The molecular formula is C14H15ClN2O2S. The molecule has 6 heteroatoms. The van der Waals surface area contributed by atoms with Gasteiger partial charge >= 0.3 is 0 Å². The van der Waals surface area contributed by atoms with Gasteiger partial charge in [0.25, 0.3) is 0 Å². The molecule has 20 heavy (non-hydrogen) atoms. The van der Waals surface area contributed by atoms with E-state index in [2.05, 4.69) is 9.71 Å². The van der Waals surface area contributed by atoms with E-state index in [1.54, 1.807) is 0 Å². The Labute approximate surface area is 123 Å². The van der Waals surface area contributed by atoms with E-state index < -0.39 is 10.0 Å². The van der Waals surface area contributed by atoms with Crippen molar-refractivity contribution in [3.8, 4) is 0 Å². The van der Waals surface area contributed by atoms with E-state index in [-0.39, 0.29) is 15.8 Å². The lowest BCUT2D eigenvalue weighted by atomic mass is 10.0. The predicted octanol–water partition coefficient (Wildman–Crippen LogP) is 2.82. The molecule has 0 aliphatic rings. The number of hydrogen-bond donors (Lipinski definition) is 1. The van der Waals surface area contributed by atoms with E-state index in [4.69, 9.17) is 11.6 Å². The smallest absolute Gasteiger partial charge is 0.243 e. The molecule has 0 saturated heterocycles. The summed E-state index contributed by atoms with van der Waals surface area (Å²) in [6.45, 7) is 2.26. The average Bonchev–Trinajstić information content (AvgIpc) is 2.46. The van der Waals surface area contributed by atoms with Crippen LogP contribution in [-0.2, 0) is 10.0 Å². The van der Waals surface area contributed by atoms with Crippen molar-refractivity contribution in [2.45, 2.75) is 17.7 Å². The molecule has 1 N–H and O–H groups in total. The van der Waals surface area contributed by atoms with Crippen LogP contribution in [0.15, 0.2) is 53.7 Å². The summed E-state index contributed by atoms with van der Waals surface area (Å²) in [5, 5.41) is 0.167. The molecule has 1 heterocycles. The number of pyridine rings is 1. The summed E-state index contributed by atoms with van der Waals surface area (Å²) in [5.41, 5.74) is 1.08. The van der Waals surface area contributed by atoms with Gasteiger partial charge in [-0.1, -0.05) is 48.9 Å². The molecule has 1 unspecified atom stereocenters. The maximum absolute atomic E-state index is 12.2. The van der Waals surface area contributed by atoms with Crippen LogP contribution in [0.1, 0.15) is 18.4 Å². The Bertz CT molecular complexity index is 675. The summed E-state index contributed by atoms with van der Waals surface area (Å²) < 4.78 is 26.9. The van der Waals surface area contributed by atoms with Gasteiger partial charge in [-0.3, -0.25) is 4.98 Å². The Hall–Kier alpha value is -1.43. The van der Waals surface area contributed by atoms with Gasteiger partial charge in [0.05, 0.1) is 5.02 Å². The summed E-state index contributed by atoms with van der Waals surface area (Å²) >= 11 is 5.88. The molecule has 2 rings (SSSR count). The van der Waals surface area contributed by atoms with Crippen LogP contribution >= 0.6 is 11.6 Å². The van der Waals surface area contributed by atoms with E-state index in [0.717, 1.165) is 5.56 Å². The minimum atomic E-state index is -3.64. The molecule has 2 aromatic rings. The zero-order valence-electron chi connectivity index (χ0n) is 11.0. The molecule has 0 spiro atoms. The lowest BCUT2D eigenvalue weighted by molar-refractivity contribution is 0.574. The maximum atomic E-state index is 12.2. The van der Waals surface area contributed by atoms with Crippen LogP contribution in [0.5, 0.6) is 0 Å². The molecule has 1 atom stereocenters. The van der Waals surface area contributed by atoms with Crippen LogP contribution < -0.4 is 4.72 Å². The van der Waals surface area contributed by atoms with Crippen molar-refractivity contribution in [1.29, 1.82) is 0 Å². The van der Waals surface area contributed by atoms with Gasteiger partial charge in [-0.25, -0.2) is 13.1 Å². The number of rotatable bonds is 5. The molecule has 0 bridgehead atoms. The van der Waals surface area contributed by atoms with Crippen LogP contribution in [0.2, 0.25) is 5.02 Å². The highest BCUT2D eigenvalue weighted by Crippen LogP contribution is 2.20. The molecule has 4 nitrogen and oxygen atoms in total. The Kier molecular flexibility index (Phi) is 4.75. The normalized spacial score (nSPS) is 13.1. The molecule has 1 aromatic carbocycles. The first-order valence-corrected chi connectivity index (χ1v) is 8.01. The number of sulfonamides is 1. The van der Waals surface area contributed by atoms with Crippen LogP contribution in [0.25, 0.3) is 0 Å². The second-order valence-electron chi connectivity index (χ2n) is 4.47. The van der Waals surface area contributed by atoms with Crippen molar-refractivity contribution in [2.24, 2.45) is 0 Å². The first-order chi connectivity index (χ1) is 9.50. The van der Waals surface area contributed by atoms with Crippen molar-refractivity contribution in [2.75, 3.05) is 6.54 Å². The van der Waals surface area contributed by atoms with E-state index in [9.17, 15) is 8.42 Å². The number of nitrogens with zero attached hydrogens (tertiary/aromatic N) is 1. The van der Waals surface area contributed by atoms with Gasteiger partial charge in [-0.15, -0.1) is 0 Å². The summed E-state index contributed by atoms with van der Waals surface area (Å²) in [4.78, 5) is 3.80. The predicted molar refractivity (Wildman–Crippen MR) is 79.3 cm³/mol. The maximum Gasteiger partial charge on any atom is 0.243 e. The average molecular weight is 311 g/mol. The zero-order valence-corrected chi connectivity index (χ0v) is 12.5. The van der Waals surface area contributed by atoms with Gasteiger partial charge < -0.3 is 0 Å². The van der Waals surface area contributed by atoms with Crippen molar-refractivity contribution in [1.82, 2.24) is 9.71 Å². The van der Waals surface area contributed by atoms with Gasteiger partial charge in [0, 0.05) is 18.9 Å². The van der Waals surface area contributed by atoms with Crippen molar-refractivity contribution < 1.29 is 8.42 Å². The van der Waals surface area contributed by atoms with E-state index >= 15 is 0 Å². The van der Waals surface area contributed by atoms with Crippen LogP contribution in [0, 0.1) is 0 Å². The van der Waals surface area contributed by atoms with Crippen LogP contribution in [-0.4, -0.2) is 19.9 Å². The molecule has 106 valence electrons. The minimum Gasteiger partial charge on any atom is -0.263 e. The Morgan fingerprint density at radius 3 is 2.60 bits per heavy atom. The molecule has 0 saturated carbocycles. The highest BCUT2D eigenvalue weighted by atomic mass is 35.5. The topological polar surface area (TPSA) is 59.1 Å². The van der Waals surface area contributed by atoms with Crippen molar-refractivity contribution >= 4 is 21.6 Å². The summed E-state index contributed by atoms with van der Waals surface area (Å²) in [5.74, 6) is 0.0708. The molecule has 0 amide bonds. The van der Waals surface area contributed by atoms with Gasteiger partial charge in [-0.2, -0.15) is 0 Å². The Morgan fingerprint density at radius 2 is 1.95 bits per heavy atom. The standard InChI is InChI=1S/C14H15ClN2O2S/c1-11(12-5-3-2-4-6-12)9-17-20(18,19)14-10-16-8-7-13(14)15/h2-8,10-11,17H,9H2,1H3. The first-order valence-electron chi connectivity index (χ1n) is 6.15. The first kappa shape index (κ1) is 15.0. The fourth-order valence-corrected chi connectivity index (χ4v) is 3.33. The molecule has 0 radical (unpaired) electrons. The van der Waals surface area contributed by atoms with Gasteiger partial charge in [0.2, 0.25) is 10.0 Å². The van der Waals surface area contributed by atoms with E-state index in [1.165, 1.54) is 18.5 Å². The monoisotopic (exact) mass is 310 g/mol. The minimum absolute atomic E-state index is 0.00179. The van der Waals surface area contributed by atoms with Gasteiger partial charge in [-0.05, 0) is 17.5 Å². The second-order valence-corrected chi connectivity index (χ2v) is 6.61. The second kappa shape index (κ2) is 6.35.